The van der Waals surface area contributed by atoms with Crippen LogP contribution in [0.25, 0.3) is 0 Å². The van der Waals surface area contributed by atoms with Gasteiger partial charge in [0.1, 0.15) is 5.82 Å². The molecular weight excluding hydrogens is 276 g/mol. The highest BCUT2D eigenvalue weighted by molar-refractivity contribution is 5.41. The van der Waals surface area contributed by atoms with Crippen LogP contribution in [0.4, 0.5) is 11.8 Å². The number of rotatable bonds is 8. The number of nitrogens with zero attached hydrogens (tertiary/aromatic N) is 5. The van der Waals surface area contributed by atoms with Crippen molar-refractivity contribution in [2.75, 3.05) is 51.0 Å². The van der Waals surface area contributed by atoms with Crippen molar-refractivity contribution < 1.29 is 0 Å². The van der Waals surface area contributed by atoms with Crippen LogP contribution in [0.15, 0.2) is 36.8 Å². The number of nitrogens with one attached hydrogen (secondary N) is 1. The van der Waals surface area contributed by atoms with Crippen LogP contribution < -0.4 is 10.2 Å². The van der Waals surface area contributed by atoms with Gasteiger partial charge >= 0.3 is 0 Å². The van der Waals surface area contributed by atoms with Crippen LogP contribution in [-0.2, 0) is 6.42 Å². The smallest absolute Gasteiger partial charge is 0.224 e. The first-order valence-corrected chi connectivity index (χ1v) is 7.47. The molecule has 6 nitrogen and oxygen atoms in total. The summed E-state index contributed by atoms with van der Waals surface area (Å²) in [4.78, 5) is 17.1. The fraction of sp³-hybridized carbons (Fsp3) is 0.438. The lowest BCUT2D eigenvalue weighted by Crippen LogP contribution is -2.23. The van der Waals surface area contributed by atoms with Crippen LogP contribution in [0, 0.1) is 0 Å². The van der Waals surface area contributed by atoms with Crippen molar-refractivity contribution in [2.24, 2.45) is 0 Å². The number of hydrogen-bond acceptors (Lipinski definition) is 6. The molecule has 0 aliphatic heterocycles. The highest BCUT2D eigenvalue weighted by Gasteiger charge is 2.05. The van der Waals surface area contributed by atoms with Gasteiger partial charge in [0.15, 0.2) is 0 Å². The number of pyridine rings is 1. The number of anilines is 2. The summed E-state index contributed by atoms with van der Waals surface area (Å²) in [6.07, 6.45) is 6.41. The quantitative estimate of drug-likeness (QED) is 0.798. The molecule has 0 amide bonds. The van der Waals surface area contributed by atoms with Crippen LogP contribution >= 0.6 is 0 Å². The average Bonchev–Trinajstić information content (AvgIpc) is 2.53. The van der Waals surface area contributed by atoms with Gasteiger partial charge in [-0.2, -0.15) is 4.98 Å². The van der Waals surface area contributed by atoms with Crippen molar-refractivity contribution in [2.45, 2.75) is 6.42 Å². The second-order valence-corrected chi connectivity index (χ2v) is 5.50. The summed E-state index contributed by atoms with van der Waals surface area (Å²) in [5.41, 5.74) is 1.28. The minimum atomic E-state index is 0.676. The molecule has 118 valence electrons. The average molecular weight is 300 g/mol. The van der Waals surface area contributed by atoms with E-state index < -0.39 is 0 Å². The van der Waals surface area contributed by atoms with Gasteiger partial charge in [-0.25, -0.2) is 4.98 Å². The van der Waals surface area contributed by atoms with E-state index in [2.05, 4.69) is 30.1 Å². The molecule has 0 radical (unpaired) electrons. The summed E-state index contributed by atoms with van der Waals surface area (Å²) in [6.45, 7) is 2.68. The third-order valence-corrected chi connectivity index (χ3v) is 3.36. The maximum atomic E-state index is 4.55. The standard InChI is InChI=1S/C16H24N6/c1-21(2)13-11-19-16-18-10-6-15(20-16)22(3)12-7-14-4-8-17-9-5-14/h4-6,8-10H,7,11-13H2,1-3H3,(H,18,19,20). The van der Waals surface area contributed by atoms with Crippen molar-refractivity contribution in [1.82, 2.24) is 19.9 Å². The van der Waals surface area contributed by atoms with Crippen molar-refractivity contribution in [1.29, 1.82) is 0 Å². The molecule has 6 heteroatoms. The predicted molar refractivity (Wildman–Crippen MR) is 90.3 cm³/mol. The molecule has 2 heterocycles. The van der Waals surface area contributed by atoms with E-state index in [4.69, 9.17) is 0 Å². The van der Waals surface area contributed by atoms with E-state index in [1.54, 1.807) is 6.20 Å². The van der Waals surface area contributed by atoms with Crippen LogP contribution in [0.2, 0.25) is 0 Å². The SMILES string of the molecule is CN(C)CCNc1nccc(N(C)CCc2ccncc2)n1. The largest absolute Gasteiger partial charge is 0.359 e. The molecule has 0 aliphatic rings. The second-order valence-electron chi connectivity index (χ2n) is 5.50. The molecule has 0 unspecified atom stereocenters. The predicted octanol–water partition coefficient (Wildman–Crippen LogP) is 1.52. The number of aromatic nitrogens is 3. The molecule has 22 heavy (non-hydrogen) atoms. The van der Waals surface area contributed by atoms with Crippen LogP contribution in [-0.4, -0.2) is 60.6 Å². The van der Waals surface area contributed by atoms with E-state index in [1.165, 1.54) is 5.56 Å². The molecule has 0 saturated heterocycles. The zero-order valence-corrected chi connectivity index (χ0v) is 13.5. The maximum Gasteiger partial charge on any atom is 0.224 e. The lowest BCUT2D eigenvalue weighted by atomic mass is 10.2. The van der Waals surface area contributed by atoms with Crippen LogP contribution in [0.5, 0.6) is 0 Å². The molecule has 2 rings (SSSR count). The maximum absolute atomic E-state index is 4.55. The molecular formula is C16H24N6. The zero-order chi connectivity index (χ0) is 15.8. The lowest BCUT2D eigenvalue weighted by molar-refractivity contribution is 0.425. The minimum absolute atomic E-state index is 0.676. The first-order valence-electron chi connectivity index (χ1n) is 7.47. The number of likely N-dealkylation sites (N-methyl/N-ethyl adjacent to an activating group) is 2. The molecule has 0 saturated carbocycles. The summed E-state index contributed by atoms with van der Waals surface area (Å²) in [6, 6.07) is 6.02. The molecule has 0 fully saturated rings. The van der Waals surface area contributed by atoms with Gasteiger partial charge in [0, 0.05) is 45.3 Å². The summed E-state index contributed by atoms with van der Waals surface area (Å²) in [5.74, 6) is 1.60. The Kier molecular flexibility index (Phi) is 6.09. The van der Waals surface area contributed by atoms with Crippen molar-refractivity contribution in [3.05, 3.63) is 42.4 Å². The molecule has 0 spiro atoms. The van der Waals surface area contributed by atoms with E-state index in [0.29, 0.717) is 5.95 Å². The molecule has 2 aromatic heterocycles. The van der Waals surface area contributed by atoms with Gasteiger partial charge in [-0.1, -0.05) is 0 Å². The van der Waals surface area contributed by atoms with Gasteiger partial charge in [-0.3, -0.25) is 4.98 Å². The fourth-order valence-electron chi connectivity index (χ4n) is 2.00. The highest BCUT2D eigenvalue weighted by atomic mass is 15.2. The molecule has 2 aromatic rings. The first-order chi connectivity index (χ1) is 10.6. The normalized spacial score (nSPS) is 10.7. The van der Waals surface area contributed by atoms with Gasteiger partial charge in [-0.15, -0.1) is 0 Å². The Morgan fingerprint density at radius 3 is 2.50 bits per heavy atom. The van der Waals surface area contributed by atoms with Crippen molar-refractivity contribution in [3.8, 4) is 0 Å². The third-order valence-electron chi connectivity index (χ3n) is 3.36. The monoisotopic (exact) mass is 300 g/mol. The van der Waals surface area contributed by atoms with Gasteiger partial charge in [0.25, 0.3) is 0 Å². The fourth-order valence-corrected chi connectivity index (χ4v) is 2.00. The van der Waals surface area contributed by atoms with Gasteiger partial charge < -0.3 is 15.1 Å². The Balaban J connectivity index is 1.88. The van der Waals surface area contributed by atoms with Crippen molar-refractivity contribution in [3.63, 3.8) is 0 Å². The molecule has 0 atom stereocenters. The van der Waals surface area contributed by atoms with E-state index >= 15 is 0 Å². The summed E-state index contributed by atoms with van der Waals surface area (Å²) in [5, 5.41) is 3.25. The molecule has 0 bridgehead atoms. The van der Waals surface area contributed by atoms with Crippen LogP contribution in [0.1, 0.15) is 5.56 Å². The molecule has 0 aliphatic carbocycles. The van der Waals surface area contributed by atoms with Crippen LogP contribution in [0.3, 0.4) is 0 Å². The third kappa shape index (κ3) is 5.29. The molecule has 1 N–H and O–H groups in total. The van der Waals surface area contributed by atoms with E-state index in [9.17, 15) is 0 Å². The van der Waals surface area contributed by atoms with E-state index in [-0.39, 0.29) is 0 Å². The highest BCUT2D eigenvalue weighted by Crippen LogP contribution is 2.11. The summed E-state index contributed by atoms with van der Waals surface area (Å²) in [7, 11) is 6.14. The van der Waals surface area contributed by atoms with Gasteiger partial charge in [0.2, 0.25) is 5.95 Å². The zero-order valence-electron chi connectivity index (χ0n) is 13.5. The van der Waals surface area contributed by atoms with E-state index in [0.717, 1.165) is 31.9 Å². The number of hydrogen-bond donors (Lipinski definition) is 1. The van der Waals surface area contributed by atoms with E-state index in [1.807, 2.05) is 51.7 Å². The Morgan fingerprint density at radius 2 is 1.77 bits per heavy atom. The van der Waals surface area contributed by atoms with Gasteiger partial charge in [0.05, 0.1) is 0 Å². The topological polar surface area (TPSA) is 57.2 Å². The lowest BCUT2D eigenvalue weighted by Gasteiger charge is -2.18. The van der Waals surface area contributed by atoms with Gasteiger partial charge in [-0.05, 0) is 44.3 Å². The molecule has 0 aromatic carbocycles. The Morgan fingerprint density at radius 1 is 1.00 bits per heavy atom. The summed E-state index contributed by atoms with van der Waals surface area (Å²) < 4.78 is 0. The minimum Gasteiger partial charge on any atom is -0.359 e. The van der Waals surface area contributed by atoms with Crippen molar-refractivity contribution >= 4 is 11.8 Å². The Labute approximate surface area is 132 Å². The summed E-state index contributed by atoms with van der Waals surface area (Å²) >= 11 is 0. The Hall–Kier alpha value is -2.21. The first kappa shape index (κ1) is 16.2. The second kappa shape index (κ2) is 8.29. The Bertz CT molecular complexity index is 558.